The minimum absolute atomic E-state index is 0.0824. The number of benzene rings is 1. The molecule has 1 aliphatic heterocycles. The third-order valence-electron chi connectivity index (χ3n) is 4.05. The van der Waals surface area contributed by atoms with Gasteiger partial charge in [-0.05, 0) is 36.3 Å². The second kappa shape index (κ2) is 8.64. The summed E-state index contributed by atoms with van der Waals surface area (Å²) >= 11 is 5.49. The van der Waals surface area contributed by atoms with Crippen LogP contribution in [-0.4, -0.2) is 63.3 Å². The molecule has 0 amide bonds. The Bertz CT molecular complexity index is 647. The van der Waals surface area contributed by atoms with E-state index in [9.17, 15) is 8.42 Å². The largest absolute Gasteiger partial charge is 0.497 e. The van der Waals surface area contributed by atoms with Crippen LogP contribution in [0.1, 0.15) is 12.0 Å². The van der Waals surface area contributed by atoms with Crippen molar-refractivity contribution in [2.75, 3.05) is 38.9 Å². The molecule has 6 nitrogen and oxygen atoms in total. The molecule has 8 heteroatoms. The van der Waals surface area contributed by atoms with Crippen molar-refractivity contribution in [2.45, 2.75) is 19.0 Å². The molecule has 0 radical (unpaired) electrons. The number of thiocarbonyl (C=S) groups is 1. The standard InChI is InChI=1S/C16H24N2O4S2/c1-21-9-8-18(14-7-10-24(19,20)12-14)16(23)17-11-13-3-5-15(22-2)6-4-13/h3-6,14H,7-12H2,1-2H3,(H,17,23)/t14-/m1/s1. The molecule has 0 aliphatic carbocycles. The van der Waals surface area contributed by atoms with Gasteiger partial charge in [0.1, 0.15) is 5.75 Å². The lowest BCUT2D eigenvalue weighted by Crippen LogP contribution is -2.47. The lowest BCUT2D eigenvalue weighted by Gasteiger charge is -2.30. The van der Waals surface area contributed by atoms with Crippen molar-refractivity contribution in [3.63, 3.8) is 0 Å². The summed E-state index contributed by atoms with van der Waals surface area (Å²) in [5, 5.41) is 3.78. The monoisotopic (exact) mass is 372 g/mol. The Kier molecular flexibility index (Phi) is 6.82. The molecule has 1 N–H and O–H groups in total. The Balaban J connectivity index is 1.96. The number of nitrogens with zero attached hydrogens (tertiary/aromatic N) is 1. The minimum Gasteiger partial charge on any atom is -0.497 e. The smallest absolute Gasteiger partial charge is 0.169 e. The molecule has 1 fully saturated rings. The lowest BCUT2D eigenvalue weighted by atomic mass is 10.2. The quantitative estimate of drug-likeness (QED) is 0.722. The van der Waals surface area contributed by atoms with E-state index in [1.165, 1.54) is 0 Å². The molecule has 2 rings (SSSR count). The van der Waals surface area contributed by atoms with Crippen molar-refractivity contribution < 1.29 is 17.9 Å². The molecular formula is C16H24N2O4S2. The minimum atomic E-state index is -2.96. The topological polar surface area (TPSA) is 67.9 Å². The molecule has 0 aromatic heterocycles. The van der Waals surface area contributed by atoms with Crippen LogP contribution in [-0.2, 0) is 21.1 Å². The van der Waals surface area contributed by atoms with Crippen molar-refractivity contribution in [3.8, 4) is 5.75 Å². The Morgan fingerprint density at radius 2 is 2.04 bits per heavy atom. The summed E-state index contributed by atoms with van der Waals surface area (Å²) < 4.78 is 33.8. The van der Waals surface area contributed by atoms with E-state index in [0.717, 1.165) is 11.3 Å². The highest BCUT2D eigenvalue weighted by atomic mass is 32.2. The number of methoxy groups -OCH3 is 2. The van der Waals surface area contributed by atoms with Crippen molar-refractivity contribution >= 4 is 27.2 Å². The Hall–Kier alpha value is -1.38. The van der Waals surface area contributed by atoms with E-state index in [1.807, 2.05) is 29.2 Å². The van der Waals surface area contributed by atoms with Crippen LogP contribution >= 0.6 is 12.2 Å². The first-order valence-corrected chi connectivity index (χ1v) is 10.0. The first-order valence-electron chi connectivity index (χ1n) is 7.82. The van der Waals surface area contributed by atoms with Gasteiger partial charge in [0.05, 0.1) is 25.2 Å². The van der Waals surface area contributed by atoms with Gasteiger partial charge < -0.3 is 19.7 Å². The van der Waals surface area contributed by atoms with Gasteiger partial charge >= 0.3 is 0 Å². The van der Waals surface area contributed by atoms with E-state index in [4.69, 9.17) is 21.7 Å². The zero-order valence-corrected chi connectivity index (χ0v) is 15.7. The summed E-state index contributed by atoms with van der Waals surface area (Å²) in [7, 11) is 0.295. The fraction of sp³-hybridized carbons (Fsp3) is 0.562. The summed E-state index contributed by atoms with van der Waals surface area (Å²) in [4.78, 5) is 1.94. The Morgan fingerprint density at radius 3 is 2.58 bits per heavy atom. The zero-order chi connectivity index (χ0) is 17.6. The van der Waals surface area contributed by atoms with Gasteiger partial charge in [-0.25, -0.2) is 8.42 Å². The highest BCUT2D eigenvalue weighted by molar-refractivity contribution is 7.91. The number of hydrogen-bond acceptors (Lipinski definition) is 5. The number of rotatable bonds is 7. The van der Waals surface area contributed by atoms with Crippen molar-refractivity contribution in [1.29, 1.82) is 0 Å². The number of hydrogen-bond donors (Lipinski definition) is 1. The van der Waals surface area contributed by atoms with Gasteiger partial charge in [-0.3, -0.25) is 0 Å². The fourth-order valence-electron chi connectivity index (χ4n) is 2.68. The molecule has 0 saturated carbocycles. The normalized spacial score (nSPS) is 19.0. The van der Waals surface area contributed by atoms with Gasteiger partial charge in [-0.2, -0.15) is 0 Å². The molecule has 1 heterocycles. The van der Waals surface area contributed by atoms with Gasteiger partial charge in [0.15, 0.2) is 14.9 Å². The van der Waals surface area contributed by atoms with Crippen molar-refractivity contribution in [3.05, 3.63) is 29.8 Å². The van der Waals surface area contributed by atoms with Crippen LogP contribution in [0.2, 0.25) is 0 Å². The molecule has 1 atom stereocenters. The highest BCUT2D eigenvalue weighted by Gasteiger charge is 2.33. The Labute approximate surface area is 149 Å². The van der Waals surface area contributed by atoms with Gasteiger partial charge in [-0.15, -0.1) is 0 Å². The summed E-state index contributed by atoms with van der Waals surface area (Å²) in [6, 6.07) is 7.64. The van der Waals surface area contributed by atoms with E-state index >= 15 is 0 Å². The lowest BCUT2D eigenvalue weighted by molar-refractivity contribution is 0.164. The first-order chi connectivity index (χ1) is 11.4. The third-order valence-corrected chi connectivity index (χ3v) is 6.18. The molecule has 1 aromatic rings. The van der Waals surface area contributed by atoms with Crippen molar-refractivity contribution in [1.82, 2.24) is 10.2 Å². The van der Waals surface area contributed by atoms with E-state index < -0.39 is 9.84 Å². The van der Waals surface area contributed by atoms with Crippen LogP contribution in [0, 0.1) is 0 Å². The van der Waals surface area contributed by atoms with Gasteiger partial charge in [0, 0.05) is 26.2 Å². The summed E-state index contributed by atoms with van der Waals surface area (Å²) in [5.74, 6) is 1.18. The maximum absolute atomic E-state index is 11.7. The maximum Gasteiger partial charge on any atom is 0.169 e. The zero-order valence-electron chi connectivity index (χ0n) is 14.0. The van der Waals surface area contributed by atoms with E-state index in [2.05, 4.69) is 5.32 Å². The van der Waals surface area contributed by atoms with E-state index in [1.54, 1.807) is 14.2 Å². The second-order valence-corrected chi connectivity index (χ2v) is 8.37. The average molecular weight is 373 g/mol. The van der Waals surface area contributed by atoms with Crippen LogP contribution in [0.3, 0.4) is 0 Å². The molecule has 0 bridgehead atoms. The molecular weight excluding hydrogens is 348 g/mol. The molecule has 1 saturated heterocycles. The summed E-state index contributed by atoms with van der Waals surface area (Å²) in [6.45, 7) is 1.65. The van der Waals surface area contributed by atoms with Gasteiger partial charge in [-0.1, -0.05) is 12.1 Å². The van der Waals surface area contributed by atoms with E-state index in [-0.39, 0.29) is 17.5 Å². The van der Waals surface area contributed by atoms with Crippen LogP contribution < -0.4 is 10.1 Å². The number of nitrogens with one attached hydrogen (secondary N) is 1. The predicted octanol–water partition coefficient (Wildman–Crippen LogP) is 1.21. The summed E-state index contributed by atoms with van der Waals surface area (Å²) in [5.41, 5.74) is 1.07. The fourth-order valence-corrected chi connectivity index (χ4v) is 4.73. The van der Waals surface area contributed by atoms with Crippen molar-refractivity contribution in [2.24, 2.45) is 0 Å². The molecule has 1 aromatic carbocycles. The molecule has 24 heavy (non-hydrogen) atoms. The molecule has 0 spiro atoms. The van der Waals surface area contributed by atoms with Crippen LogP contribution in [0.4, 0.5) is 0 Å². The van der Waals surface area contributed by atoms with Gasteiger partial charge in [0.25, 0.3) is 0 Å². The number of sulfone groups is 1. The summed E-state index contributed by atoms with van der Waals surface area (Å²) in [6.07, 6.45) is 0.608. The average Bonchev–Trinajstić information content (AvgIpc) is 2.93. The highest BCUT2D eigenvalue weighted by Crippen LogP contribution is 2.18. The first kappa shape index (κ1) is 19.0. The van der Waals surface area contributed by atoms with Crippen LogP contribution in [0.15, 0.2) is 24.3 Å². The predicted molar refractivity (Wildman–Crippen MR) is 98.1 cm³/mol. The van der Waals surface area contributed by atoms with Crippen LogP contribution in [0.25, 0.3) is 0 Å². The SMILES string of the molecule is COCCN(C(=S)NCc1ccc(OC)cc1)[C@@H]1CCS(=O)(=O)C1. The Morgan fingerprint density at radius 1 is 1.33 bits per heavy atom. The third kappa shape index (κ3) is 5.32. The number of ether oxygens (including phenoxy) is 2. The van der Waals surface area contributed by atoms with Crippen LogP contribution in [0.5, 0.6) is 5.75 Å². The molecule has 1 aliphatic rings. The second-order valence-electron chi connectivity index (χ2n) is 5.75. The van der Waals surface area contributed by atoms with Gasteiger partial charge in [0.2, 0.25) is 0 Å². The maximum atomic E-state index is 11.7. The molecule has 134 valence electrons. The van der Waals surface area contributed by atoms with E-state index in [0.29, 0.717) is 31.2 Å². The molecule has 0 unspecified atom stereocenters.